The van der Waals surface area contributed by atoms with Crippen LogP contribution in [-0.2, 0) is 11.2 Å². The molecule has 0 saturated carbocycles. The van der Waals surface area contributed by atoms with Gasteiger partial charge in [0, 0.05) is 43.2 Å². The van der Waals surface area contributed by atoms with Gasteiger partial charge in [-0.2, -0.15) is 5.26 Å². The number of benzene rings is 2. The average Bonchev–Trinajstić information content (AvgIpc) is 2.84. The van der Waals surface area contributed by atoms with Gasteiger partial charge < -0.3 is 9.84 Å². The van der Waals surface area contributed by atoms with Crippen LogP contribution in [0.5, 0.6) is 5.75 Å². The molecule has 0 aliphatic rings. The fraction of sp³-hybridized carbons (Fsp3) is 0.581. The van der Waals surface area contributed by atoms with Crippen molar-refractivity contribution in [3.8, 4) is 11.8 Å². The van der Waals surface area contributed by atoms with Gasteiger partial charge in [-0.05, 0) is 90.0 Å². The van der Waals surface area contributed by atoms with Crippen LogP contribution in [-0.4, -0.2) is 41.8 Å². The summed E-state index contributed by atoms with van der Waals surface area (Å²) in [7, 11) is 0. The molecule has 0 bridgehead atoms. The van der Waals surface area contributed by atoms with E-state index in [0.29, 0.717) is 24.3 Å². The van der Waals surface area contributed by atoms with Crippen LogP contribution in [0.1, 0.15) is 95.2 Å². The van der Waals surface area contributed by atoms with E-state index in [2.05, 4.69) is 81.1 Å². The van der Waals surface area contributed by atoms with E-state index in [1.54, 1.807) is 0 Å². The lowest BCUT2D eigenvalue weighted by molar-refractivity contribution is 0.126. The lowest BCUT2D eigenvalue weighted by atomic mass is 9.86. The van der Waals surface area contributed by atoms with Gasteiger partial charge in [-0.15, -0.1) is 0 Å². The number of nitriles is 1. The molecule has 0 fully saturated rings. The first-order valence-corrected chi connectivity index (χ1v) is 13.5. The molecule has 4 heteroatoms. The molecule has 0 aliphatic carbocycles. The number of ether oxygens (including phenoxy) is 1. The molecule has 0 aromatic heterocycles. The van der Waals surface area contributed by atoms with Crippen LogP contribution in [0.3, 0.4) is 0 Å². The Bertz CT molecular complexity index is 865. The second kappa shape index (κ2) is 16.3. The van der Waals surface area contributed by atoms with E-state index in [0.717, 1.165) is 70.3 Å². The molecular formula is C31H46N2O2. The molecule has 0 saturated heterocycles. The molecule has 0 aliphatic heterocycles. The Hall–Kier alpha value is -2.35. The third kappa shape index (κ3) is 10.4. The van der Waals surface area contributed by atoms with Gasteiger partial charge in [-0.3, -0.25) is 4.90 Å². The van der Waals surface area contributed by atoms with Crippen molar-refractivity contribution in [1.82, 2.24) is 4.90 Å². The Kier molecular flexibility index (Phi) is 13.5. The first-order valence-electron chi connectivity index (χ1n) is 13.5. The molecule has 1 N–H and O–H groups in total. The Morgan fingerprint density at radius 2 is 1.57 bits per heavy atom. The Labute approximate surface area is 213 Å². The number of aromatic hydroxyl groups is 1. The van der Waals surface area contributed by atoms with E-state index in [9.17, 15) is 5.11 Å². The second-order valence-electron chi connectivity index (χ2n) is 10.1. The zero-order chi connectivity index (χ0) is 25.5. The predicted molar refractivity (Wildman–Crippen MR) is 146 cm³/mol. The minimum atomic E-state index is 0.167. The van der Waals surface area contributed by atoms with Crippen molar-refractivity contribution in [3.63, 3.8) is 0 Å². The van der Waals surface area contributed by atoms with Gasteiger partial charge in [-0.1, -0.05) is 48.9 Å². The summed E-state index contributed by atoms with van der Waals surface area (Å²) in [6.07, 6.45) is 7.79. The Balaban J connectivity index is 1.97. The molecule has 0 amide bonds. The molecule has 1 atom stereocenters. The summed E-state index contributed by atoms with van der Waals surface area (Å²) in [6, 6.07) is 19.9. The van der Waals surface area contributed by atoms with Crippen molar-refractivity contribution in [2.75, 3.05) is 19.8 Å². The van der Waals surface area contributed by atoms with Crippen molar-refractivity contribution in [2.45, 2.75) is 97.1 Å². The molecule has 0 radical (unpaired) electrons. The summed E-state index contributed by atoms with van der Waals surface area (Å²) in [5.74, 6) is 0.559. The monoisotopic (exact) mass is 478 g/mol. The quantitative estimate of drug-likeness (QED) is 0.240. The van der Waals surface area contributed by atoms with E-state index in [4.69, 9.17) is 10.00 Å². The molecule has 2 aromatic rings. The summed E-state index contributed by atoms with van der Waals surface area (Å²) >= 11 is 0. The second-order valence-corrected chi connectivity index (χ2v) is 10.1. The number of hydrogen-bond donors (Lipinski definition) is 1. The van der Waals surface area contributed by atoms with Crippen LogP contribution in [0, 0.1) is 11.3 Å². The highest BCUT2D eigenvalue weighted by Gasteiger charge is 2.21. The molecule has 35 heavy (non-hydrogen) atoms. The van der Waals surface area contributed by atoms with Crippen LogP contribution in [0.25, 0.3) is 0 Å². The number of phenolic OH excluding ortho intramolecular Hbond substituents is 1. The number of nitrogens with zero attached hydrogens (tertiary/aromatic N) is 2. The van der Waals surface area contributed by atoms with Gasteiger partial charge in [0.05, 0.1) is 6.07 Å². The number of rotatable bonds is 17. The van der Waals surface area contributed by atoms with Crippen molar-refractivity contribution < 1.29 is 9.84 Å². The van der Waals surface area contributed by atoms with Gasteiger partial charge in [0.15, 0.2) is 0 Å². The molecule has 0 heterocycles. The largest absolute Gasteiger partial charge is 0.508 e. The van der Waals surface area contributed by atoms with E-state index < -0.39 is 0 Å². The number of hydrogen-bond acceptors (Lipinski definition) is 4. The van der Waals surface area contributed by atoms with Gasteiger partial charge in [0.25, 0.3) is 0 Å². The number of aryl methyl sites for hydroxylation is 1. The summed E-state index contributed by atoms with van der Waals surface area (Å²) in [4.78, 5) is 2.53. The van der Waals surface area contributed by atoms with Gasteiger partial charge in [0.2, 0.25) is 0 Å². The molecule has 0 spiro atoms. The van der Waals surface area contributed by atoms with Crippen molar-refractivity contribution in [2.24, 2.45) is 0 Å². The van der Waals surface area contributed by atoms with Crippen molar-refractivity contribution in [3.05, 3.63) is 65.2 Å². The maximum atomic E-state index is 10.8. The van der Waals surface area contributed by atoms with E-state index in [1.807, 2.05) is 6.07 Å². The fourth-order valence-electron chi connectivity index (χ4n) is 4.84. The van der Waals surface area contributed by atoms with E-state index >= 15 is 0 Å². The number of unbranched alkanes of at least 4 members (excludes halogenated alkanes) is 4. The van der Waals surface area contributed by atoms with Gasteiger partial charge in [-0.25, -0.2) is 0 Å². The average molecular weight is 479 g/mol. The molecule has 4 nitrogen and oxygen atoms in total. The Morgan fingerprint density at radius 1 is 0.886 bits per heavy atom. The van der Waals surface area contributed by atoms with Gasteiger partial charge >= 0.3 is 0 Å². The third-order valence-corrected chi connectivity index (χ3v) is 6.75. The highest BCUT2D eigenvalue weighted by atomic mass is 16.5. The maximum Gasteiger partial charge on any atom is 0.119 e. The van der Waals surface area contributed by atoms with Crippen LogP contribution < -0.4 is 0 Å². The van der Waals surface area contributed by atoms with Crippen LogP contribution >= 0.6 is 0 Å². The van der Waals surface area contributed by atoms with Crippen LogP contribution in [0.2, 0.25) is 0 Å². The van der Waals surface area contributed by atoms with E-state index in [1.165, 1.54) is 11.1 Å². The SMILES string of the molecule is CC(C)N(CCC(c1ccccc1)c1cc(CCCCOCCCCCC#N)ccc1O)C(C)C. The minimum Gasteiger partial charge on any atom is -0.508 e. The molecule has 2 rings (SSSR count). The molecule has 1 unspecified atom stereocenters. The van der Waals surface area contributed by atoms with Crippen molar-refractivity contribution in [1.29, 1.82) is 5.26 Å². The summed E-state index contributed by atoms with van der Waals surface area (Å²) < 4.78 is 5.76. The highest BCUT2D eigenvalue weighted by molar-refractivity contribution is 5.43. The van der Waals surface area contributed by atoms with E-state index in [-0.39, 0.29) is 5.92 Å². The first kappa shape index (κ1) is 28.9. The van der Waals surface area contributed by atoms with Crippen LogP contribution in [0.15, 0.2) is 48.5 Å². The Morgan fingerprint density at radius 3 is 2.23 bits per heavy atom. The van der Waals surface area contributed by atoms with Gasteiger partial charge in [0.1, 0.15) is 5.75 Å². The lowest BCUT2D eigenvalue weighted by Gasteiger charge is -2.32. The maximum absolute atomic E-state index is 10.8. The van der Waals surface area contributed by atoms with Crippen LogP contribution in [0.4, 0.5) is 0 Å². The normalized spacial score (nSPS) is 12.4. The fourth-order valence-corrected chi connectivity index (χ4v) is 4.84. The standard InChI is InChI=1S/C31H46N2O2/c1-25(2)33(26(3)4)21-19-29(28-15-8-7-9-16-28)30-24-27(17-18-31(30)34)14-10-13-23-35-22-12-6-5-11-20-32/h7-9,15-18,24-26,29,34H,5-6,10-14,19,21-23H2,1-4H3. The number of phenols is 1. The highest BCUT2D eigenvalue weighted by Crippen LogP contribution is 2.35. The predicted octanol–water partition coefficient (Wildman–Crippen LogP) is 7.46. The zero-order valence-corrected chi connectivity index (χ0v) is 22.4. The summed E-state index contributed by atoms with van der Waals surface area (Å²) in [5, 5.41) is 19.4. The molecule has 2 aromatic carbocycles. The minimum absolute atomic E-state index is 0.167. The lowest BCUT2D eigenvalue weighted by Crippen LogP contribution is -2.38. The molecular weight excluding hydrogens is 432 g/mol. The third-order valence-electron chi connectivity index (χ3n) is 6.75. The zero-order valence-electron chi connectivity index (χ0n) is 22.4. The van der Waals surface area contributed by atoms with Crippen molar-refractivity contribution >= 4 is 0 Å². The summed E-state index contributed by atoms with van der Waals surface area (Å²) in [5.41, 5.74) is 3.57. The summed E-state index contributed by atoms with van der Waals surface area (Å²) in [6.45, 7) is 11.6. The first-order chi connectivity index (χ1) is 16.9. The smallest absolute Gasteiger partial charge is 0.119 e. The molecule has 192 valence electrons. The topological polar surface area (TPSA) is 56.5 Å².